The lowest BCUT2D eigenvalue weighted by atomic mass is 10.1. The molecule has 1 nitrogen and oxygen atoms in total. The summed E-state index contributed by atoms with van der Waals surface area (Å²) in [6, 6.07) is 5.90. The minimum Gasteiger partial charge on any atom is -0.496 e. The Morgan fingerprint density at radius 2 is 2.21 bits per heavy atom. The highest BCUT2D eigenvalue weighted by Crippen LogP contribution is 2.17. The number of benzene rings is 1. The minimum atomic E-state index is 0.585. The molecule has 0 radical (unpaired) electrons. The summed E-state index contributed by atoms with van der Waals surface area (Å²) in [7, 11) is 1.67. The lowest BCUT2D eigenvalue weighted by molar-refractivity contribution is 0.411. The average molecular weight is 209 g/mol. The molecular weight excluding hydrogens is 196 g/mol. The summed E-state index contributed by atoms with van der Waals surface area (Å²) in [5, 5.41) is 0. The van der Waals surface area contributed by atoms with Gasteiger partial charge < -0.3 is 4.74 Å². The van der Waals surface area contributed by atoms with Gasteiger partial charge in [-0.1, -0.05) is 11.8 Å². The molecule has 0 bridgehead atoms. The lowest BCUT2D eigenvalue weighted by Crippen LogP contribution is -1.87. The molecule has 1 rings (SSSR count). The van der Waals surface area contributed by atoms with E-state index >= 15 is 0 Å². The fraction of sp³-hybridized carbons (Fsp3) is 0.333. The second kappa shape index (κ2) is 5.57. The zero-order valence-electron chi connectivity index (χ0n) is 8.43. The van der Waals surface area contributed by atoms with Crippen LogP contribution in [0.5, 0.6) is 5.75 Å². The largest absolute Gasteiger partial charge is 0.496 e. The van der Waals surface area contributed by atoms with Crippen LogP contribution in [-0.4, -0.2) is 13.0 Å². The molecule has 0 aliphatic heterocycles. The van der Waals surface area contributed by atoms with Crippen LogP contribution in [-0.2, 0) is 0 Å². The molecule has 0 aliphatic rings. The van der Waals surface area contributed by atoms with Crippen LogP contribution in [0.15, 0.2) is 18.2 Å². The SMILES string of the molecule is COc1ccc(C#CCCCl)cc1C. The normalized spacial score (nSPS) is 9.07. The Bertz CT molecular complexity index is 360. The maximum absolute atomic E-state index is 5.52. The van der Waals surface area contributed by atoms with Crippen LogP contribution >= 0.6 is 11.6 Å². The van der Waals surface area contributed by atoms with Crippen molar-refractivity contribution in [1.82, 2.24) is 0 Å². The third-order valence-corrected chi connectivity index (χ3v) is 2.04. The van der Waals surface area contributed by atoms with E-state index in [1.807, 2.05) is 25.1 Å². The van der Waals surface area contributed by atoms with Crippen molar-refractivity contribution in [3.63, 3.8) is 0 Å². The molecule has 0 fully saturated rings. The fourth-order valence-electron chi connectivity index (χ4n) is 1.17. The van der Waals surface area contributed by atoms with Gasteiger partial charge in [-0.05, 0) is 30.7 Å². The first-order valence-corrected chi connectivity index (χ1v) is 5.01. The quantitative estimate of drug-likeness (QED) is 0.537. The molecule has 0 unspecified atom stereocenters. The number of hydrogen-bond donors (Lipinski definition) is 0. The van der Waals surface area contributed by atoms with Gasteiger partial charge in [0.25, 0.3) is 0 Å². The molecule has 0 aromatic heterocycles. The number of rotatable bonds is 2. The molecule has 1 aromatic rings. The molecule has 1 aromatic carbocycles. The second-order valence-corrected chi connectivity index (χ2v) is 3.30. The molecule has 0 aliphatic carbocycles. The first kappa shape index (κ1) is 10.9. The summed E-state index contributed by atoms with van der Waals surface area (Å²) >= 11 is 5.52. The van der Waals surface area contributed by atoms with E-state index in [1.54, 1.807) is 7.11 Å². The average Bonchev–Trinajstić information content (AvgIpc) is 2.18. The highest BCUT2D eigenvalue weighted by atomic mass is 35.5. The van der Waals surface area contributed by atoms with E-state index in [1.165, 1.54) is 0 Å². The van der Waals surface area contributed by atoms with Crippen molar-refractivity contribution in [1.29, 1.82) is 0 Å². The molecule has 0 atom stereocenters. The number of hydrogen-bond acceptors (Lipinski definition) is 1. The van der Waals surface area contributed by atoms with Crippen LogP contribution < -0.4 is 4.74 Å². The molecule has 14 heavy (non-hydrogen) atoms. The van der Waals surface area contributed by atoms with Crippen LogP contribution in [0, 0.1) is 18.8 Å². The Labute approximate surface area is 90.0 Å². The number of ether oxygens (including phenoxy) is 1. The van der Waals surface area contributed by atoms with E-state index in [9.17, 15) is 0 Å². The van der Waals surface area contributed by atoms with Crippen molar-refractivity contribution < 1.29 is 4.74 Å². The summed E-state index contributed by atoms with van der Waals surface area (Å²) < 4.78 is 5.16. The molecule has 0 saturated carbocycles. The van der Waals surface area contributed by atoms with Gasteiger partial charge in [0.2, 0.25) is 0 Å². The van der Waals surface area contributed by atoms with Gasteiger partial charge in [0.15, 0.2) is 0 Å². The van der Waals surface area contributed by atoms with E-state index in [0.717, 1.165) is 23.3 Å². The van der Waals surface area contributed by atoms with E-state index in [2.05, 4.69) is 11.8 Å². The highest BCUT2D eigenvalue weighted by molar-refractivity contribution is 6.18. The topological polar surface area (TPSA) is 9.23 Å². The number of alkyl halides is 1. The Balaban J connectivity index is 2.82. The highest BCUT2D eigenvalue weighted by Gasteiger charge is 1.96. The summed E-state index contributed by atoms with van der Waals surface area (Å²) in [4.78, 5) is 0. The van der Waals surface area contributed by atoms with Crippen LogP contribution in [0.25, 0.3) is 0 Å². The van der Waals surface area contributed by atoms with Gasteiger partial charge in [-0.15, -0.1) is 11.6 Å². The Kier molecular flexibility index (Phi) is 4.35. The van der Waals surface area contributed by atoms with Crippen molar-refractivity contribution in [3.05, 3.63) is 29.3 Å². The van der Waals surface area contributed by atoms with Crippen molar-refractivity contribution in [2.75, 3.05) is 13.0 Å². The van der Waals surface area contributed by atoms with Gasteiger partial charge in [0.05, 0.1) is 7.11 Å². The molecular formula is C12H13ClO. The van der Waals surface area contributed by atoms with Gasteiger partial charge in [-0.2, -0.15) is 0 Å². The summed E-state index contributed by atoms with van der Waals surface area (Å²) in [5.74, 6) is 7.52. The Morgan fingerprint density at radius 3 is 2.79 bits per heavy atom. The van der Waals surface area contributed by atoms with Crippen LogP contribution in [0.3, 0.4) is 0 Å². The molecule has 0 amide bonds. The Hall–Kier alpha value is -1.13. The van der Waals surface area contributed by atoms with Gasteiger partial charge in [0.1, 0.15) is 5.75 Å². The molecule has 74 valence electrons. The van der Waals surface area contributed by atoms with Crippen LogP contribution in [0.4, 0.5) is 0 Å². The summed E-state index contributed by atoms with van der Waals surface area (Å²) in [5.41, 5.74) is 2.11. The van der Waals surface area contributed by atoms with Crippen LogP contribution in [0.1, 0.15) is 17.5 Å². The van der Waals surface area contributed by atoms with Crippen molar-refractivity contribution in [3.8, 4) is 17.6 Å². The van der Waals surface area contributed by atoms with Crippen LogP contribution in [0.2, 0.25) is 0 Å². The molecule has 0 saturated heterocycles. The Morgan fingerprint density at radius 1 is 1.43 bits per heavy atom. The molecule has 0 spiro atoms. The smallest absolute Gasteiger partial charge is 0.121 e. The van der Waals surface area contributed by atoms with Gasteiger partial charge >= 0.3 is 0 Å². The van der Waals surface area contributed by atoms with Gasteiger partial charge in [-0.25, -0.2) is 0 Å². The predicted molar refractivity (Wildman–Crippen MR) is 59.9 cm³/mol. The maximum atomic E-state index is 5.52. The first-order valence-electron chi connectivity index (χ1n) is 4.47. The standard InChI is InChI=1S/C12H13ClO/c1-10-9-11(5-3-4-8-13)6-7-12(10)14-2/h6-7,9H,4,8H2,1-2H3. The third-order valence-electron chi connectivity index (χ3n) is 1.85. The maximum Gasteiger partial charge on any atom is 0.121 e. The van der Waals surface area contributed by atoms with Crippen molar-refractivity contribution in [2.45, 2.75) is 13.3 Å². The van der Waals surface area contributed by atoms with E-state index in [-0.39, 0.29) is 0 Å². The first-order chi connectivity index (χ1) is 6.77. The minimum absolute atomic E-state index is 0.585. The lowest BCUT2D eigenvalue weighted by Gasteiger charge is -2.03. The summed E-state index contributed by atoms with van der Waals surface area (Å²) in [6.45, 7) is 2.01. The fourth-order valence-corrected chi connectivity index (χ4v) is 1.26. The second-order valence-electron chi connectivity index (χ2n) is 2.93. The van der Waals surface area contributed by atoms with E-state index in [4.69, 9.17) is 16.3 Å². The zero-order valence-corrected chi connectivity index (χ0v) is 9.19. The zero-order chi connectivity index (χ0) is 10.4. The van der Waals surface area contributed by atoms with Gasteiger partial charge in [-0.3, -0.25) is 0 Å². The molecule has 0 heterocycles. The molecule has 2 heteroatoms. The van der Waals surface area contributed by atoms with Crippen molar-refractivity contribution >= 4 is 11.6 Å². The number of methoxy groups -OCH3 is 1. The van der Waals surface area contributed by atoms with Crippen molar-refractivity contribution in [2.24, 2.45) is 0 Å². The predicted octanol–water partition coefficient (Wildman–Crippen LogP) is 2.98. The van der Waals surface area contributed by atoms with E-state index in [0.29, 0.717) is 5.88 Å². The number of halogens is 1. The van der Waals surface area contributed by atoms with E-state index < -0.39 is 0 Å². The third kappa shape index (κ3) is 2.97. The van der Waals surface area contributed by atoms with Gasteiger partial charge in [0, 0.05) is 17.9 Å². The summed E-state index contributed by atoms with van der Waals surface area (Å²) in [6.07, 6.45) is 0.729. The number of aryl methyl sites for hydroxylation is 1. The molecule has 0 N–H and O–H groups in total. The monoisotopic (exact) mass is 208 g/mol.